The fraction of sp³-hybridized carbons (Fsp3) is 0.273. The Morgan fingerprint density at radius 2 is 2.19 bits per heavy atom. The SMILES string of the molecule is C[C@H]1CCc2c(sc(NC(=S)NC(=O)c3ccc(Cn4cc(Br)cn4)cc3)c2C#N)C1. The van der Waals surface area contributed by atoms with Gasteiger partial charge in [-0.1, -0.05) is 19.1 Å². The second-order valence-corrected chi connectivity index (χ2v) is 10.1. The number of halogens is 1. The molecule has 1 atom stereocenters. The van der Waals surface area contributed by atoms with Gasteiger partial charge in [0.25, 0.3) is 5.91 Å². The molecule has 0 unspecified atom stereocenters. The Morgan fingerprint density at radius 1 is 1.42 bits per heavy atom. The maximum atomic E-state index is 12.6. The fourth-order valence-electron chi connectivity index (χ4n) is 3.64. The first kappa shape index (κ1) is 21.7. The lowest BCUT2D eigenvalue weighted by atomic mass is 9.89. The summed E-state index contributed by atoms with van der Waals surface area (Å²) in [6, 6.07) is 9.61. The van der Waals surface area contributed by atoms with Gasteiger partial charge in [0.1, 0.15) is 11.1 Å². The van der Waals surface area contributed by atoms with Crippen molar-refractivity contribution in [2.75, 3.05) is 5.32 Å². The highest BCUT2D eigenvalue weighted by molar-refractivity contribution is 9.10. The number of thiocarbonyl (C=S) groups is 1. The van der Waals surface area contributed by atoms with Gasteiger partial charge in [-0.05, 0) is 76.6 Å². The van der Waals surface area contributed by atoms with Crippen molar-refractivity contribution in [3.05, 3.63) is 68.3 Å². The number of hydrogen-bond acceptors (Lipinski definition) is 5. The van der Waals surface area contributed by atoms with Crippen LogP contribution in [0.15, 0.2) is 41.1 Å². The molecule has 6 nitrogen and oxygen atoms in total. The molecule has 158 valence electrons. The van der Waals surface area contributed by atoms with Crippen LogP contribution in [0, 0.1) is 17.2 Å². The van der Waals surface area contributed by atoms with Crippen molar-refractivity contribution in [2.45, 2.75) is 32.7 Å². The summed E-state index contributed by atoms with van der Waals surface area (Å²) in [5.41, 5.74) is 3.32. The number of thiophene rings is 1. The van der Waals surface area contributed by atoms with Gasteiger partial charge >= 0.3 is 0 Å². The normalized spacial score (nSPS) is 15.1. The van der Waals surface area contributed by atoms with Crippen molar-refractivity contribution in [2.24, 2.45) is 5.92 Å². The van der Waals surface area contributed by atoms with Crippen molar-refractivity contribution in [3.63, 3.8) is 0 Å². The molecule has 0 saturated heterocycles. The number of hydrogen-bond donors (Lipinski definition) is 2. The smallest absolute Gasteiger partial charge is 0.257 e. The maximum absolute atomic E-state index is 12.6. The summed E-state index contributed by atoms with van der Waals surface area (Å²) in [5.74, 6) is 0.328. The average Bonchev–Trinajstić information content (AvgIpc) is 3.29. The number of benzene rings is 1. The van der Waals surface area contributed by atoms with E-state index in [1.54, 1.807) is 29.7 Å². The monoisotopic (exact) mass is 513 g/mol. The molecule has 1 aromatic carbocycles. The van der Waals surface area contributed by atoms with Crippen molar-refractivity contribution < 1.29 is 4.79 Å². The first-order valence-electron chi connectivity index (χ1n) is 9.86. The summed E-state index contributed by atoms with van der Waals surface area (Å²) < 4.78 is 2.73. The zero-order valence-corrected chi connectivity index (χ0v) is 20.0. The number of nitriles is 1. The lowest BCUT2D eigenvalue weighted by Gasteiger charge is -2.17. The minimum Gasteiger partial charge on any atom is -0.323 e. The van der Waals surface area contributed by atoms with Crippen LogP contribution in [0.3, 0.4) is 0 Å². The molecule has 0 saturated carbocycles. The zero-order valence-electron chi connectivity index (χ0n) is 16.8. The van der Waals surface area contributed by atoms with E-state index in [1.807, 2.05) is 23.0 Å². The third kappa shape index (κ3) is 5.03. The van der Waals surface area contributed by atoms with Gasteiger partial charge in [0.15, 0.2) is 5.11 Å². The molecule has 9 heteroatoms. The van der Waals surface area contributed by atoms with Crippen LogP contribution >= 0.6 is 39.5 Å². The lowest BCUT2D eigenvalue weighted by molar-refractivity contribution is 0.0977. The Balaban J connectivity index is 1.39. The third-order valence-corrected chi connectivity index (χ3v) is 7.02. The molecule has 4 rings (SSSR count). The first-order valence-corrected chi connectivity index (χ1v) is 11.9. The Kier molecular flexibility index (Phi) is 6.51. The number of anilines is 1. The van der Waals surface area contributed by atoms with Crippen LogP contribution in [0.25, 0.3) is 0 Å². The van der Waals surface area contributed by atoms with E-state index in [0.29, 0.717) is 28.6 Å². The number of amides is 1. The summed E-state index contributed by atoms with van der Waals surface area (Å²) in [6.45, 7) is 2.85. The molecule has 0 spiro atoms. The lowest BCUT2D eigenvalue weighted by Crippen LogP contribution is -2.34. The standard InChI is InChI=1S/C22H20BrN5OS2/c1-13-2-7-17-18(9-24)21(31-19(17)8-13)27-22(30)26-20(29)15-5-3-14(4-6-15)11-28-12-16(23)10-25-28/h3-6,10,12-13H,2,7-8,11H2,1H3,(H2,26,27,29,30)/t13-/m0/s1. The van der Waals surface area contributed by atoms with Crippen LogP contribution < -0.4 is 10.6 Å². The van der Waals surface area contributed by atoms with Gasteiger partial charge in [-0.25, -0.2) is 0 Å². The van der Waals surface area contributed by atoms with E-state index in [-0.39, 0.29) is 11.0 Å². The van der Waals surface area contributed by atoms with E-state index in [4.69, 9.17) is 12.2 Å². The quantitative estimate of drug-likeness (QED) is 0.485. The van der Waals surface area contributed by atoms with Crippen molar-refractivity contribution >= 4 is 55.5 Å². The molecule has 3 aromatic rings. The minimum atomic E-state index is -0.292. The molecule has 2 N–H and O–H groups in total. The Bertz CT molecular complexity index is 1180. The Morgan fingerprint density at radius 3 is 2.87 bits per heavy atom. The van der Waals surface area contributed by atoms with E-state index < -0.39 is 0 Å². The second kappa shape index (κ2) is 9.30. The highest BCUT2D eigenvalue weighted by atomic mass is 79.9. The number of fused-ring (bicyclic) bond motifs is 1. The van der Waals surface area contributed by atoms with Crippen LogP contribution in [-0.2, 0) is 19.4 Å². The molecular formula is C22H20BrN5OS2. The highest BCUT2D eigenvalue weighted by Gasteiger charge is 2.24. The summed E-state index contributed by atoms with van der Waals surface area (Å²) in [7, 11) is 0. The van der Waals surface area contributed by atoms with Crippen LogP contribution in [-0.4, -0.2) is 20.8 Å². The zero-order chi connectivity index (χ0) is 22.0. The third-order valence-electron chi connectivity index (χ3n) is 5.24. The Labute approximate surface area is 198 Å². The minimum absolute atomic E-state index is 0.193. The van der Waals surface area contributed by atoms with Gasteiger partial charge in [-0.2, -0.15) is 10.4 Å². The number of carbonyl (C=O) groups is 1. The largest absolute Gasteiger partial charge is 0.323 e. The summed E-state index contributed by atoms with van der Waals surface area (Å²) in [4.78, 5) is 13.8. The molecule has 1 aliphatic carbocycles. The van der Waals surface area contributed by atoms with Crippen molar-refractivity contribution in [1.82, 2.24) is 15.1 Å². The predicted molar refractivity (Wildman–Crippen MR) is 129 cm³/mol. The summed E-state index contributed by atoms with van der Waals surface area (Å²) >= 11 is 10.3. The summed E-state index contributed by atoms with van der Waals surface area (Å²) in [5, 5.41) is 20.5. The number of nitrogens with one attached hydrogen (secondary N) is 2. The highest BCUT2D eigenvalue weighted by Crippen LogP contribution is 2.39. The number of carbonyl (C=O) groups excluding carboxylic acids is 1. The van der Waals surface area contributed by atoms with E-state index in [2.05, 4.69) is 44.7 Å². The van der Waals surface area contributed by atoms with Crippen LogP contribution in [0.4, 0.5) is 5.00 Å². The first-order chi connectivity index (χ1) is 14.9. The van der Waals surface area contributed by atoms with E-state index in [1.165, 1.54) is 4.88 Å². The van der Waals surface area contributed by atoms with Crippen LogP contribution in [0.5, 0.6) is 0 Å². The average molecular weight is 514 g/mol. The van der Waals surface area contributed by atoms with E-state index >= 15 is 0 Å². The van der Waals surface area contributed by atoms with Gasteiger partial charge in [-0.3, -0.25) is 14.8 Å². The van der Waals surface area contributed by atoms with E-state index in [9.17, 15) is 10.1 Å². The van der Waals surface area contributed by atoms with Crippen molar-refractivity contribution in [3.8, 4) is 6.07 Å². The van der Waals surface area contributed by atoms with Gasteiger partial charge < -0.3 is 5.32 Å². The Hall–Kier alpha value is -2.54. The second-order valence-electron chi connectivity index (χ2n) is 7.63. The predicted octanol–water partition coefficient (Wildman–Crippen LogP) is 4.88. The molecule has 1 aliphatic rings. The molecule has 0 fully saturated rings. The van der Waals surface area contributed by atoms with Crippen LogP contribution in [0.2, 0.25) is 0 Å². The number of aromatic nitrogens is 2. The molecule has 31 heavy (non-hydrogen) atoms. The molecule has 0 radical (unpaired) electrons. The van der Waals surface area contributed by atoms with Crippen LogP contribution in [0.1, 0.15) is 45.3 Å². The topological polar surface area (TPSA) is 82.7 Å². The number of rotatable bonds is 4. The number of nitrogens with zero attached hydrogens (tertiary/aromatic N) is 3. The molecule has 0 bridgehead atoms. The van der Waals surface area contributed by atoms with Gasteiger partial charge in [0, 0.05) is 16.6 Å². The maximum Gasteiger partial charge on any atom is 0.257 e. The molecule has 1 amide bonds. The van der Waals surface area contributed by atoms with Gasteiger partial charge in [0.05, 0.1) is 22.8 Å². The van der Waals surface area contributed by atoms with E-state index in [0.717, 1.165) is 34.9 Å². The molecule has 2 aromatic heterocycles. The van der Waals surface area contributed by atoms with Gasteiger partial charge in [0.2, 0.25) is 0 Å². The van der Waals surface area contributed by atoms with Gasteiger partial charge in [-0.15, -0.1) is 11.3 Å². The molecular weight excluding hydrogens is 494 g/mol. The fourth-order valence-corrected chi connectivity index (χ4v) is 5.59. The molecule has 2 heterocycles. The molecule has 0 aliphatic heterocycles. The summed E-state index contributed by atoms with van der Waals surface area (Å²) in [6.07, 6.45) is 6.61. The van der Waals surface area contributed by atoms with Crippen molar-refractivity contribution in [1.29, 1.82) is 5.26 Å².